The molecule has 2 N–H and O–H groups in total. The van der Waals surface area contributed by atoms with Gasteiger partial charge in [0.05, 0.1) is 0 Å². The lowest BCUT2D eigenvalue weighted by atomic mass is 10.1. The maximum atomic E-state index is 5.87. The summed E-state index contributed by atoms with van der Waals surface area (Å²) in [7, 11) is 0. The molecule has 0 radical (unpaired) electrons. The molecule has 1 saturated heterocycles. The van der Waals surface area contributed by atoms with Gasteiger partial charge in [-0.1, -0.05) is 6.07 Å². The fraction of sp³-hybridized carbons (Fsp3) is 0.600. The number of rotatable bonds is 2. The summed E-state index contributed by atoms with van der Waals surface area (Å²) < 4.78 is 0. The van der Waals surface area contributed by atoms with Crippen LogP contribution in [0, 0.1) is 0 Å². The van der Waals surface area contributed by atoms with E-state index in [0.717, 1.165) is 30.9 Å². The zero-order valence-electron chi connectivity index (χ0n) is 10.8. The molecular weight excluding hydrogens is 222 g/mol. The summed E-state index contributed by atoms with van der Waals surface area (Å²) in [5.74, 6) is 0. The largest absolute Gasteiger partial charge is 0.399 e. The molecule has 3 aliphatic rings. The summed E-state index contributed by atoms with van der Waals surface area (Å²) in [6.07, 6.45) is 4.22. The van der Waals surface area contributed by atoms with Crippen molar-refractivity contribution < 1.29 is 0 Å². The van der Waals surface area contributed by atoms with Crippen LogP contribution in [0.15, 0.2) is 18.2 Å². The summed E-state index contributed by atoms with van der Waals surface area (Å²) >= 11 is 0. The molecule has 1 atom stereocenters. The normalized spacial score (nSPS) is 28.8. The first-order valence-electron chi connectivity index (χ1n) is 7.15. The highest BCUT2D eigenvalue weighted by Gasteiger charge is 2.37. The number of fused-ring (bicyclic) bond motifs is 1. The quantitative estimate of drug-likeness (QED) is 0.804. The van der Waals surface area contributed by atoms with Gasteiger partial charge in [-0.2, -0.15) is 0 Å². The van der Waals surface area contributed by atoms with E-state index in [1.165, 1.54) is 43.5 Å². The van der Waals surface area contributed by atoms with E-state index < -0.39 is 0 Å². The zero-order chi connectivity index (χ0) is 12.1. The zero-order valence-corrected chi connectivity index (χ0v) is 10.8. The Labute approximate surface area is 109 Å². The fourth-order valence-electron chi connectivity index (χ4n) is 3.54. The Morgan fingerprint density at radius 1 is 0.944 bits per heavy atom. The summed E-state index contributed by atoms with van der Waals surface area (Å²) in [5, 5.41) is 0. The second kappa shape index (κ2) is 3.97. The van der Waals surface area contributed by atoms with Crippen LogP contribution in [0.5, 0.6) is 0 Å². The van der Waals surface area contributed by atoms with Gasteiger partial charge in [0, 0.05) is 44.0 Å². The molecule has 1 aliphatic carbocycles. The minimum absolute atomic E-state index is 0.763. The molecule has 1 aromatic carbocycles. The molecule has 0 aromatic heterocycles. The van der Waals surface area contributed by atoms with E-state index in [2.05, 4.69) is 21.9 Å². The summed E-state index contributed by atoms with van der Waals surface area (Å²) in [5.41, 5.74) is 9.70. The first-order chi connectivity index (χ1) is 8.79. The molecule has 3 heteroatoms. The van der Waals surface area contributed by atoms with Gasteiger partial charge < -0.3 is 5.73 Å². The van der Waals surface area contributed by atoms with E-state index in [-0.39, 0.29) is 0 Å². The molecule has 0 spiro atoms. The Morgan fingerprint density at radius 2 is 1.78 bits per heavy atom. The Morgan fingerprint density at radius 3 is 2.61 bits per heavy atom. The number of nitrogens with two attached hydrogens (primary N) is 1. The van der Waals surface area contributed by atoms with Crippen molar-refractivity contribution in [3.8, 4) is 0 Å². The van der Waals surface area contributed by atoms with Crippen molar-refractivity contribution >= 4 is 5.69 Å². The van der Waals surface area contributed by atoms with Crippen LogP contribution in [-0.4, -0.2) is 35.0 Å². The van der Waals surface area contributed by atoms with E-state index >= 15 is 0 Å². The lowest BCUT2D eigenvalue weighted by Gasteiger charge is -2.23. The average molecular weight is 243 g/mol. The minimum atomic E-state index is 0.763. The lowest BCUT2D eigenvalue weighted by Crippen LogP contribution is -2.34. The Balaban J connectivity index is 1.46. The van der Waals surface area contributed by atoms with Crippen molar-refractivity contribution in [2.45, 2.75) is 44.4 Å². The van der Waals surface area contributed by atoms with E-state index in [9.17, 15) is 0 Å². The van der Waals surface area contributed by atoms with Gasteiger partial charge in [-0.3, -0.25) is 9.80 Å². The number of nitrogen functional groups attached to an aromatic ring is 1. The molecule has 1 unspecified atom stereocenters. The summed E-state index contributed by atoms with van der Waals surface area (Å²) in [6, 6.07) is 8.09. The van der Waals surface area contributed by atoms with Gasteiger partial charge in [-0.05, 0) is 42.5 Å². The third-order valence-corrected chi connectivity index (χ3v) is 4.75. The maximum absolute atomic E-state index is 5.87. The van der Waals surface area contributed by atoms with Crippen molar-refractivity contribution in [1.29, 1.82) is 0 Å². The molecule has 0 bridgehead atoms. The number of hydrogen-bond donors (Lipinski definition) is 1. The van der Waals surface area contributed by atoms with Crippen molar-refractivity contribution in [3.63, 3.8) is 0 Å². The van der Waals surface area contributed by atoms with Crippen molar-refractivity contribution in [2.75, 3.05) is 18.8 Å². The predicted octanol–water partition coefficient (Wildman–Crippen LogP) is 1.82. The third kappa shape index (κ3) is 1.82. The fourth-order valence-corrected chi connectivity index (χ4v) is 3.54. The smallest absolute Gasteiger partial charge is 0.0317 e. The van der Waals surface area contributed by atoms with Crippen LogP contribution in [0.4, 0.5) is 5.69 Å². The minimum Gasteiger partial charge on any atom is -0.399 e. The van der Waals surface area contributed by atoms with Crippen LogP contribution in [0.2, 0.25) is 0 Å². The second-order valence-corrected chi connectivity index (χ2v) is 6.10. The van der Waals surface area contributed by atoms with Crippen LogP contribution in [-0.2, 0) is 13.1 Å². The van der Waals surface area contributed by atoms with Crippen LogP contribution in [0.1, 0.15) is 30.4 Å². The topological polar surface area (TPSA) is 32.5 Å². The molecular formula is C15H21N3. The number of hydrogen-bond acceptors (Lipinski definition) is 3. The molecule has 18 heavy (non-hydrogen) atoms. The SMILES string of the molecule is Nc1ccc2c(c1)CN(C1CCN(C3CC3)C1)C2. The Hall–Kier alpha value is -1.06. The van der Waals surface area contributed by atoms with Gasteiger partial charge in [-0.25, -0.2) is 0 Å². The second-order valence-electron chi connectivity index (χ2n) is 6.10. The van der Waals surface area contributed by atoms with Gasteiger partial charge in [-0.15, -0.1) is 0 Å². The molecule has 2 aliphatic heterocycles. The van der Waals surface area contributed by atoms with Gasteiger partial charge in [0.15, 0.2) is 0 Å². The van der Waals surface area contributed by atoms with Crippen LogP contribution in [0.25, 0.3) is 0 Å². The standard InChI is InChI=1S/C15H21N3/c16-13-2-1-11-8-18(9-12(11)7-13)15-5-6-17(10-15)14-3-4-14/h1-2,7,14-15H,3-6,8-10,16H2. The first-order valence-corrected chi connectivity index (χ1v) is 7.15. The molecule has 4 rings (SSSR count). The summed E-state index contributed by atoms with van der Waals surface area (Å²) in [4.78, 5) is 5.34. The number of anilines is 1. The van der Waals surface area contributed by atoms with Crippen LogP contribution >= 0.6 is 0 Å². The van der Waals surface area contributed by atoms with E-state index in [1.807, 2.05) is 6.07 Å². The highest BCUT2D eigenvalue weighted by molar-refractivity contribution is 5.46. The van der Waals surface area contributed by atoms with Crippen LogP contribution in [0.3, 0.4) is 0 Å². The molecule has 2 heterocycles. The number of benzene rings is 1. The first kappa shape index (κ1) is 10.8. The monoisotopic (exact) mass is 243 g/mol. The predicted molar refractivity (Wildman–Crippen MR) is 73.1 cm³/mol. The molecule has 0 amide bonds. The molecule has 3 nitrogen and oxygen atoms in total. The highest BCUT2D eigenvalue weighted by Crippen LogP contribution is 2.34. The van der Waals surface area contributed by atoms with E-state index in [0.29, 0.717) is 0 Å². The third-order valence-electron chi connectivity index (χ3n) is 4.75. The van der Waals surface area contributed by atoms with Gasteiger partial charge in [0.25, 0.3) is 0 Å². The lowest BCUT2D eigenvalue weighted by molar-refractivity contribution is 0.193. The van der Waals surface area contributed by atoms with Crippen LogP contribution < -0.4 is 5.73 Å². The Bertz CT molecular complexity index is 467. The molecule has 2 fully saturated rings. The average Bonchev–Trinajstić information content (AvgIpc) is 2.95. The Kier molecular flexibility index (Phi) is 2.39. The van der Waals surface area contributed by atoms with E-state index in [1.54, 1.807) is 0 Å². The van der Waals surface area contributed by atoms with Crippen molar-refractivity contribution in [2.24, 2.45) is 0 Å². The maximum Gasteiger partial charge on any atom is 0.0317 e. The van der Waals surface area contributed by atoms with Gasteiger partial charge in [0.2, 0.25) is 0 Å². The number of nitrogens with zero attached hydrogens (tertiary/aromatic N) is 2. The van der Waals surface area contributed by atoms with Gasteiger partial charge in [0.1, 0.15) is 0 Å². The number of likely N-dealkylation sites (tertiary alicyclic amines) is 1. The molecule has 96 valence electrons. The van der Waals surface area contributed by atoms with E-state index in [4.69, 9.17) is 5.73 Å². The highest BCUT2D eigenvalue weighted by atomic mass is 15.3. The molecule has 1 saturated carbocycles. The van der Waals surface area contributed by atoms with Crippen molar-refractivity contribution in [3.05, 3.63) is 29.3 Å². The summed E-state index contributed by atoms with van der Waals surface area (Å²) in [6.45, 7) is 4.82. The van der Waals surface area contributed by atoms with Gasteiger partial charge >= 0.3 is 0 Å². The molecule has 1 aromatic rings. The van der Waals surface area contributed by atoms with Crippen molar-refractivity contribution in [1.82, 2.24) is 9.80 Å².